The predicted molar refractivity (Wildman–Crippen MR) is 71.5 cm³/mol. The Kier molecular flexibility index (Phi) is 4.02. The van der Waals surface area contributed by atoms with Gasteiger partial charge in [0.1, 0.15) is 5.54 Å². The van der Waals surface area contributed by atoms with Crippen LogP contribution < -0.4 is 0 Å². The third-order valence-corrected chi connectivity index (χ3v) is 4.01. The van der Waals surface area contributed by atoms with E-state index in [2.05, 4.69) is 4.90 Å². The monoisotopic (exact) mass is 247 g/mol. The van der Waals surface area contributed by atoms with E-state index in [4.69, 9.17) is 0 Å². The highest BCUT2D eigenvalue weighted by Gasteiger charge is 2.44. The van der Waals surface area contributed by atoms with Crippen LogP contribution in [-0.2, 0) is 10.3 Å². The Morgan fingerprint density at radius 1 is 1.22 bits per heavy atom. The number of hydrogen-bond acceptors (Lipinski definition) is 2. The Morgan fingerprint density at radius 2 is 1.83 bits per heavy atom. The van der Waals surface area contributed by atoms with Crippen molar-refractivity contribution < 1.29 is 9.90 Å². The van der Waals surface area contributed by atoms with Crippen molar-refractivity contribution in [2.24, 2.45) is 0 Å². The van der Waals surface area contributed by atoms with Crippen LogP contribution in [0.1, 0.15) is 38.2 Å². The summed E-state index contributed by atoms with van der Waals surface area (Å²) >= 11 is 0. The van der Waals surface area contributed by atoms with Crippen LogP contribution in [0.15, 0.2) is 30.3 Å². The van der Waals surface area contributed by atoms with Gasteiger partial charge in [-0.15, -0.1) is 0 Å². The van der Waals surface area contributed by atoms with Crippen molar-refractivity contribution in [3.63, 3.8) is 0 Å². The minimum absolute atomic E-state index is 0.604. The van der Waals surface area contributed by atoms with E-state index in [1.165, 1.54) is 6.42 Å². The first-order valence-electron chi connectivity index (χ1n) is 6.76. The second-order valence-corrected chi connectivity index (χ2v) is 4.93. The van der Waals surface area contributed by atoms with Gasteiger partial charge < -0.3 is 5.11 Å². The van der Waals surface area contributed by atoms with Crippen molar-refractivity contribution in [2.75, 3.05) is 13.1 Å². The molecule has 1 saturated heterocycles. The van der Waals surface area contributed by atoms with Crippen molar-refractivity contribution in [1.82, 2.24) is 4.90 Å². The maximum atomic E-state index is 11.9. The average molecular weight is 247 g/mol. The number of piperidine rings is 1. The summed E-state index contributed by atoms with van der Waals surface area (Å²) in [5, 5.41) is 9.79. The molecule has 1 aliphatic heterocycles. The zero-order chi connectivity index (χ0) is 13.0. The zero-order valence-electron chi connectivity index (χ0n) is 10.9. The maximum absolute atomic E-state index is 11.9. The van der Waals surface area contributed by atoms with Crippen molar-refractivity contribution in [2.45, 2.75) is 38.1 Å². The molecular weight excluding hydrogens is 226 g/mol. The number of hydrogen-bond donors (Lipinski definition) is 1. The molecule has 0 unspecified atom stereocenters. The molecule has 0 aliphatic carbocycles. The van der Waals surface area contributed by atoms with Gasteiger partial charge in [0, 0.05) is 0 Å². The molecule has 1 N–H and O–H groups in total. The summed E-state index contributed by atoms with van der Waals surface area (Å²) in [6.07, 6.45) is 4.01. The number of rotatable bonds is 4. The number of carbonyl (C=O) groups is 1. The van der Waals surface area contributed by atoms with Gasteiger partial charge in [-0.05, 0) is 37.9 Å². The molecular formula is C15H21NO2. The molecule has 1 heterocycles. The molecule has 0 saturated carbocycles. The van der Waals surface area contributed by atoms with Gasteiger partial charge in [0.25, 0.3) is 0 Å². The van der Waals surface area contributed by atoms with Crippen molar-refractivity contribution in [1.29, 1.82) is 0 Å². The topological polar surface area (TPSA) is 40.5 Å². The second-order valence-electron chi connectivity index (χ2n) is 4.93. The fourth-order valence-electron chi connectivity index (χ4n) is 3.01. The second kappa shape index (κ2) is 5.53. The quantitative estimate of drug-likeness (QED) is 0.889. The molecule has 3 heteroatoms. The first-order chi connectivity index (χ1) is 8.71. The minimum atomic E-state index is -0.846. The lowest BCUT2D eigenvalue weighted by Crippen LogP contribution is -2.53. The third-order valence-electron chi connectivity index (χ3n) is 4.01. The van der Waals surface area contributed by atoms with Crippen LogP contribution in [0.5, 0.6) is 0 Å². The number of carboxylic acids is 1. The Bertz CT molecular complexity index is 398. The van der Waals surface area contributed by atoms with E-state index in [1.807, 2.05) is 37.3 Å². The molecule has 0 aromatic heterocycles. The van der Waals surface area contributed by atoms with E-state index < -0.39 is 11.5 Å². The first-order valence-corrected chi connectivity index (χ1v) is 6.76. The van der Waals surface area contributed by atoms with E-state index in [0.717, 1.165) is 31.5 Å². The summed E-state index contributed by atoms with van der Waals surface area (Å²) in [6, 6.07) is 9.65. The standard InChI is InChI=1S/C15H21NO2/c1-2-15(14(17)18,13-9-5-3-6-10-13)16-11-7-4-8-12-16/h3,5-6,9-10H,2,4,7-8,11-12H2,1H3,(H,17,18)/t15-/m0/s1. The SMILES string of the molecule is CC[C@@](C(=O)O)(c1ccccc1)N1CCCCC1. The van der Waals surface area contributed by atoms with Gasteiger partial charge in [0.15, 0.2) is 0 Å². The first kappa shape index (κ1) is 13.1. The summed E-state index contributed by atoms with van der Waals surface area (Å²) < 4.78 is 0. The van der Waals surface area contributed by atoms with E-state index in [1.54, 1.807) is 0 Å². The van der Waals surface area contributed by atoms with Gasteiger partial charge in [0.05, 0.1) is 0 Å². The lowest BCUT2D eigenvalue weighted by atomic mass is 9.84. The third kappa shape index (κ3) is 2.15. The molecule has 0 amide bonds. The number of nitrogens with zero attached hydrogens (tertiary/aromatic N) is 1. The smallest absolute Gasteiger partial charge is 0.328 e. The number of aliphatic carboxylic acids is 1. The molecule has 1 aromatic rings. The molecule has 1 fully saturated rings. The highest BCUT2D eigenvalue weighted by molar-refractivity contribution is 5.80. The highest BCUT2D eigenvalue weighted by atomic mass is 16.4. The van der Waals surface area contributed by atoms with Gasteiger partial charge >= 0.3 is 5.97 Å². The zero-order valence-corrected chi connectivity index (χ0v) is 10.9. The Morgan fingerprint density at radius 3 is 2.33 bits per heavy atom. The van der Waals surface area contributed by atoms with Crippen molar-refractivity contribution in [3.05, 3.63) is 35.9 Å². The van der Waals surface area contributed by atoms with Crippen LogP contribution in [-0.4, -0.2) is 29.1 Å². The van der Waals surface area contributed by atoms with Gasteiger partial charge in [-0.2, -0.15) is 0 Å². The van der Waals surface area contributed by atoms with Crippen LogP contribution in [0.2, 0.25) is 0 Å². The van der Waals surface area contributed by atoms with Gasteiger partial charge in [-0.25, -0.2) is 4.79 Å². The largest absolute Gasteiger partial charge is 0.480 e. The number of carboxylic acid groups (broad SMARTS) is 1. The Hall–Kier alpha value is -1.35. The number of likely N-dealkylation sites (tertiary alicyclic amines) is 1. The van der Waals surface area contributed by atoms with Gasteiger partial charge in [-0.3, -0.25) is 4.90 Å². The fraction of sp³-hybridized carbons (Fsp3) is 0.533. The molecule has 0 radical (unpaired) electrons. The molecule has 98 valence electrons. The summed E-state index contributed by atoms with van der Waals surface area (Å²) in [4.78, 5) is 14.1. The average Bonchev–Trinajstić information content (AvgIpc) is 2.42. The van der Waals surface area contributed by atoms with Crippen LogP contribution in [0.3, 0.4) is 0 Å². The van der Waals surface area contributed by atoms with Gasteiger partial charge in [0.2, 0.25) is 0 Å². The van der Waals surface area contributed by atoms with Gasteiger partial charge in [-0.1, -0.05) is 43.7 Å². The summed E-state index contributed by atoms with van der Waals surface area (Å²) in [6.45, 7) is 3.74. The van der Waals surface area contributed by atoms with Crippen molar-refractivity contribution in [3.8, 4) is 0 Å². The lowest BCUT2D eigenvalue weighted by molar-refractivity contribution is -0.154. The molecule has 1 atom stereocenters. The lowest BCUT2D eigenvalue weighted by Gasteiger charge is -2.42. The molecule has 1 aromatic carbocycles. The van der Waals surface area contributed by atoms with E-state index in [9.17, 15) is 9.90 Å². The predicted octanol–water partition coefficient (Wildman–Crippen LogP) is 2.86. The number of benzene rings is 1. The summed E-state index contributed by atoms with van der Waals surface area (Å²) in [5.41, 5.74) is 0.0590. The molecule has 0 spiro atoms. The van der Waals surface area contributed by atoms with Crippen LogP contribution in [0, 0.1) is 0 Å². The van der Waals surface area contributed by atoms with E-state index in [0.29, 0.717) is 6.42 Å². The molecule has 0 bridgehead atoms. The van der Waals surface area contributed by atoms with E-state index >= 15 is 0 Å². The fourth-order valence-corrected chi connectivity index (χ4v) is 3.01. The highest BCUT2D eigenvalue weighted by Crippen LogP contribution is 2.34. The Labute approximate surface area is 108 Å². The van der Waals surface area contributed by atoms with Crippen LogP contribution in [0.25, 0.3) is 0 Å². The molecule has 18 heavy (non-hydrogen) atoms. The molecule has 1 aliphatic rings. The molecule has 2 rings (SSSR count). The van der Waals surface area contributed by atoms with E-state index in [-0.39, 0.29) is 0 Å². The Balaban J connectivity index is 2.42. The molecule has 3 nitrogen and oxygen atoms in total. The van der Waals surface area contributed by atoms with Crippen LogP contribution in [0.4, 0.5) is 0 Å². The normalized spacial score (nSPS) is 20.3. The minimum Gasteiger partial charge on any atom is -0.480 e. The summed E-state index contributed by atoms with van der Waals surface area (Å²) in [5.74, 6) is -0.724. The van der Waals surface area contributed by atoms with Crippen LogP contribution >= 0.6 is 0 Å². The maximum Gasteiger partial charge on any atom is 0.328 e. The van der Waals surface area contributed by atoms with Crippen molar-refractivity contribution >= 4 is 5.97 Å². The summed E-state index contributed by atoms with van der Waals surface area (Å²) in [7, 11) is 0.